The summed E-state index contributed by atoms with van der Waals surface area (Å²) in [5, 5.41) is 10.7. The maximum atomic E-state index is 13.7. The third-order valence-corrected chi connectivity index (χ3v) is 6.75. The van der Waals surface area contributed by atoms with E-state index in [9.17, 15) is 4.79 Å². The van der Waals surface area contributed by atoms with Gasteiger partial charge in [-0.3, -0.25) is 4.79 Å². The van der Waals surface area contributed by atoms with Crippen LogP contribution >= 0.6 is 15.9 Å². The molecule has 4 aromatic rings. The molecule has 1 atom stereocenters. The maximum Gasteiger partial charge on any atom is 0.255 e. The van der Waals surface area contributed by atoms with Crippen LogP contribution in [-0.4, -0.2) is 20.7 Å². The third kappa shape index (κ3) is 4.77. The molecule has 182 valence electrons. The third-order valence-electron chi connectivity index (χ3n) is 6.26. The van der Waals surface area contributed by atoms with E-state index in [1.807, 2.05) is 68.4 Å². The molecule has 0 radical (unpaired) electrons. The zero-order valence-electron chi connectivity index (χ0n) is 20.2. The number of benzene rings is 3. The van der Waals surface area contributed by atoms with Gasteiger partial charge in [0.15, 0.2) is 0 Å². The number of allylic oxidation sites excluding steroid dienone is 1. The van der Waals surface area contributed by atoms with Crippen molar-refractivity contribution in [1.29, 1.82) is 0 Å². The number of aromatic nitrogens is 3. The normalized spacial score (nSPS) is 14.7. The summed E-state index contributed by atoms with van der Waals surface area (Å²) in [4.78, 5) is 18.0. The van der Waals surface area contributed by atoms with Gasteiger partial charge in [0.25, 0.3) is 5.91 Å². The first kappa shape index (κ1) is 23.8. The van der Waals surface area contributed by atoms with Gasteiger partial charge in [0.1, 0.15) is 24.7 Å². The quantitative estimate of drug-likeness (QED) is 0.304. The Bertz CT molecular complexity index is 1460. The Balaban J connectivity index is 1.55. The van der Waals surface area contributed by atoms with Crippen LogP contribution in [0, 0.1) is 13.8 Å². The molecular weight excluding hydrogens is 518 g/mol. The molecule has 7 nitrogen and oxygen atoms in total. The Morgan fingerprint density at radius 2 is 1.86 bits per heavy atom. The second-order valence-electron chi connectivity index (χ2n) is 8.81. The predicted octanol–water partition coefficient (Wildman–Crippen LogP) is 6.16. The van der Waals surface area contributed by atoms with E-state index in [0.29, 0.717) is 29.6 Å². The number of fused-ring (bicyclic) bond motifs is 1. The van der Waals surface area contributed by atoms with Crippen LogP contribution < -0.4 is 15.4 Å². The van der Waals surface area contributed by atoms with E-state index in [1.165, 1.54) is 6.33 Å². The number of rotatable bonds is 6. The van der Waals surface area contributed by atoms with Crippen LogP contribution in [0.15, 0.2) is 88.8 Å². The number of carbonyl (C=O) groups excluding carboxylic acids is 1. The van der Waals surface area contributed by atoms with Crippen LogP contribution in [-0.2, 0) is 11.4 Å². The first-order chi connectivity index (χ1) is 17.4. The molecule has 1 aliphatic rings. The van der Waals surface area contributed by atoms with E-state index < -0.39 is 6.04 Å². The summed E-state index contributed by atoms with van der Waals surface area (Å²) in [5.74, 6) is 1.01. The Morgan fingerprint density at radius 3 is 2.64 bits per heavy atom. The van der Waals surface area contributed by atoms with Gasteiger partial charge in [0, 0.05) is 21.4 Å². The second-order valence-corrected chi connectivity index (χ2v) is 9.73. The summed E-state index contributed by atoms with van der Waals surface area (Å²) in [5.41, 5.74) is 6.14. The molecule has 5 rings (SSSR count). The molecular formula is C28H26BrN5O2. The number of anilines is 2. The van der Waals surface area contributed by atoms with Crippen LogP contribution in [0.1, 0.15) is 35.2 Å². The Morgan fingerprint density at radius 1 is 1.08 bits per heavy atom. The van der Waals surface area contributed by atoms with Gasteiger partial charge in [-0.2, -0.15) is 10.1 Å². The van der Waals surface area contributed by atoms with Crippen molar-refractivity contribution >= 4 is 33.5 Å². The molecule has 1 unspecified atom stereocenters. The fraction of sp³-hybridized carbons (Fsp3) is 0.179. The highest BCUT2D eigenvalue weighted by Crippen LogP contribution is 2.40. The molecule has 0 saturated carbocycles. The van der Waals surface area contributed by atoms with Crippen LogP contribution in [0.4, 0.5) is 11.6 Å². The van der Waals surface area contributed by atoms with E-state index in [2.05, 4.69) is 55.7 Å². The summed E-state index contributed by atoms with van der Waals surface area (Å²) in [7, 11) is 0. The van der Waals surface area contributed by atoms with Crippen LogP contribution in [0.5, 0.6) is 5.75 Å². The molecule has 0 spiro atoms. The van der Waals surface area contributed by atoms with Crippen molar-refractivity contribution in [1.82, 2.24) is 14.8 Å². The van der Waals surface area contributed by atoms with Crippen molar-refractivity contribution in [2.45, 2.75) is 33.4 Å². The molecule has 2 N–H and O–H groups in total. The monoisotopic (exact) mass is 543 g/mol. The zero-order valence-corrected chi connectivity index (χ0v) is 21.8. The number of aryl methyl sites for hydroxylation is 2. The van der Waals surface area contributed by atoms with E-state index in [0.717, 1.165) is 32.4 Å². The number of hydrogen-bond acceptors (Lipinski definition) is 5. The van der Waals surface area contributed by atoms with Crippen molar-refractivity contribution in [2.24, 2.45) is 0 Å². The van der Waals surface area contributed by atoms with E-state index in [1.54, 1.807) is 4.68 Å². The summed E-state index contributed by atoms with van der Waals surface area (Å²) in [6.07, 6.45) is 1.48. The molecule has 8 heteroatoms. The number of ether oxygens (including phenoxy) is 1. The number of halogens is 1. The lowest BCUT2D eigenvalue weighted by molar-refractivity contribution is -0.113. The molecule has 0 saturated heterocycles. The van der Waals surface area contributed by atoms with Crippen LogP contribution in [0.25, 0.3) is 0 Å². The number of carbonyl (C=O) groups is 1. The highest BCUT2D eigenvalue weighted by molar-refractivity contribution is 9.10. The number of nitrogens with zero attached hydrogens (tertiary/aromatic N) is 3. The largest absolute Gasteiger partial charge is 0.489 e. The lowest BCUT2D eigenvalue weighted by atomic mass is 9.94. The summed E-state index contributed by atoms with van der Waals surface area (Å²) < 4.78 is 8.94. The van der Waals surface area contributed by atoms with Crippen LogP contribution in [0.3, 0.4) is 0 Å². The maximum absolute atomic E-state index is 13.7. The smallest absolute Gasteiger partial charge is 0.255 e. The molecule has 2 heterocycles. The molecule has 1 amide bonds. The zero-order chi connectivity index (χ0) is 25.2. The van der Waals surface area contributed by atoms with E-state index >= 15 is 0 Å². The molecule has 36 heavy (non-hydrogen) atoms. The highest BCUT2D eigenvalue weighted by atomic mass is 79.9. The second kappa shape index (κ2) is 9.99. The lowest BCUT2D eigenvalue weighted by Gasteiger charge is -2.30. The predicted molar refractivity (Wildman–Crippen MR) is 144 cm³/mol. The minimum atomic E-state index is -0.543. The SMILES string of the molecule is CC1=C(C(=O)Nc2ccc(C)cc2)C(c2cc(Br)ccc2OCc2ccccc2C)n2ncnc2N1. The van der Waals surface area contributed by atoms with Crippen molar-refractivity contribution in [3.8, 4) is 5.75 Å². The Hall–Kier alpha value is -3.91. The van der Waals surface area contributed by atoms with E-state index in [-0.39, 0.29) is 5.91 Å². The lowest BCUT2D eigenvalue weighted by Crippen LogP contribution is -2.31. The molecule has 1 aliphatic heterocycles. The average Bonchev–Trinajstić information content (AvgIpc) is 3.32. The summed E-state index contributed by atoms with van der Waals surface area (Å²) in [6.45, 7) is 6.36. The van der Waals surface area contributed by atoms with Crippen molar-refractivity contribution in [3.63, 3.8) is 0 Å². The first-order valence-electron chi connectivity index (χ1n) is 11.6. The van der Waals surface area contributed by atoms with Crippen molar-refractivity contribution in [2.75, 3.05) is 10.6 Å². The van der Waals surface area contributed by atoms with Gasteiger partial charge in [-0.05, 0) is 62.2 Å². The summed E-state index contributed by atoms with van der Waals surface area (Å²) in [6, 6.07) is 21.1. The van der Waals surface area contributed by atoms with E-state index in [4.69, 9.17) is 4.74 Å². The molecule has 1 aromatic heterocycles. The molecule has 0 aliphatic carbocycles. The number of amides is 1. The van der Waals surface area contributed by atoms with Gasteiger partial charge < -0.3 is 15.4 Å². The average molecular weight is 544 g/mol. The van der Waals surface area contributed by atoms with Gasteiger partial charge in [-0.15, -0.1) is 0 Å². The Labute approximate surface area is 218 Å². The van der Waals surface area contributed by atoms with Crippen molar-refractivity contribution < 1.29 is 9.53 Å². The molecule has 3 aromatic carbocycles. The molecule has 0 fully saturated rings. The minimum Gasteiger partial charge on any atom is -0.489 e. The fourth-order valence-corrected chi connectivity index (χ4v) is 4.68. The standard InChI is InChI=1S/C28H26BrN5O2/c1-17-8-11-22(12-9-17)33-27(35)25-19(3)32-28-30-16-31-34(28)26(25)23-14-21(29)10-13-24(23)36-15-20-7-5-4-6-18(20)2/h4-14,16,26H,15H2,1-3H3,(H,33,35)(H,30,31,32). The minimum absolute atomic E-state index is 0.222. The van der Waals surface area contributed by atoms with Gasteiger partial charge in [0.05, 0.1) is 5.57 Å². The van der Waals surface area contributed by atoms with Gasteiger partial charge in [0.2, 0.25) is 5.95 Å². The highest BCUT2D eigenvalue weighted by Gasteiger charge is 2.35. The number of nitrogens with one attached hydrogen (secondary N) is 2. The van der Waals surface area contributed by atoms with Gasteiger partial charge in [-0.25, -0.2) is 4.68 Å². The van der Waals surface area contributed by atoms with Crippen molar-refractivity contribution in [3.05, 3.63) is 111 Å². The fourth-order valence-electron chi connectivity index (χ4n) is 4.30. The van der Waals surface area contributed by atoms with Crippen LogP contribution in [0.2, 0.25) is 0 Å². The number of hydrogen-bond donors (Lipinski definition) is 2. The topological polar surface area (TPSA) is 81.1 Å². The van der Waals surface area contributed by atoms with Gasteiger partial charge in [-0.1, -0.05) is 57.9 Å². The van der Waals surface area contributed by atoms with Gasteiger partial charge >= 0.3 is 0 Å². The molecule has 0 bridgehead atoms. The first-order valence-corrected chi connectivity index (χ1v) is 12.4. The summed E-state index contributed by atoms with van der Waals surface area (Å²) >= 11 is 3.60. The Kier molecular flexibility index (Phi) is 6.61.